The summed E-state index contributed by atoms with van der Waals surface area (Å²) in [5.41, 5.74) is 5.88. The number of nitrogens with one attached hydrogen (secondary N) is 2. The number of phenolic OH excluding ortho intramolecular Hbond substituents is 1. The molecule has 0 heterocycles. The minimum absolute atomic E-state index is 0.0249. The average Bonchev–Trinajstić information content (AvgIpc) is 2.50. The maximum atomic E-state index is 12.3. The van der Waals surface area contributed by atoms with Gasteiger partial charge in [-0.05, 0) is 42.5 Å². The number of nitrogen functional groups attached to an aromatic ring is 1. The van der Waals surface area contributed by atoms with Crippen LogP contribution in [0.2, 0.25) is 0 Å². The zero-order chi connectivity index (χ0) is 18.8. The Balaban J connectivity index is 2.15. The first-order chi connectivity index (χ1) is 11.5. The first-order valence-corrected chi connectivity index (χ1v) is 9.00. The number of phenols is 1. The molecule has 134 valence electrons. The highest BCUT2D eigenvalue weighted by Gasteiger charge is 2.21. The quantitative estimate of drug-likeness (QED) is 0.491. The second kappa shape index (κ2) is 6.64. The molecule has 0 atom stereocenters. The number of nitrogens with two attached hydrogens (primary N) is 1. The summed E-state index contributed by atoms with van der Waals surface area (Å²) >= 11 is 0. The Morgan fingerprint density at radius 1 is 1.04 bits per heavy atom. The Hall–Kier alpha value is -2.74. The van der Waals surface area contributed by atoms with Gasteiger partial charge in [0.1, 0.15) is 5.75 Å². The molecule has 0 unspecified atom stereocenters. The largest absolute Gasteiger partial charge is 0.506 e. The van der Waals surface area contributed by atoms with Crippen LogP contribution in [0.3, 0.4) is 0 Å². The second-order valence-electron chi connectivity index (χ2n) is 6.61. The molecule has 0 aromatic heterocycles. The smallest absolute Gasteiger partial charge is 0.261 e. The van der Waals surface area contributed by atoms with Gasteiger partial charge in [-0.25, -0.2) is 8.42 Å². The van der Waals surface area contributed by atoms with E-state index in [9.17, 15) is 18.3 Å². The topological polar surface area (TPSA) is 122 Å². The number of hydrogen-bond donors (Lipinski definition) is 4. The number of carbonyl (C=O) groups is 1. The first kappa shape index (κ1) is 18.6. The number of hydrogen-bond acceptors (Lipinski definition) is 5. The average molecular weight is 363 g/mol. The van der Waals surface area contributed by atoms with Crippen molar-refractivity contribution in [3.63, 3.8) is 0 Å². The zero-order valence-corrected chi connectivity index (χ0v) is 15.0. The molecule has 0 bridgehead atoms. The predicted molar refractivity (Wildman–Crippen MR) is 97.9 cm³/mol. The Morgan fingerprint density at radius 3 is 2.12 bits per heavy atom. The number of rotatable bonds is 4. The molecule has 0 radical (unpaired) electrons. The molecule has 0 aliphatic heterocycles. The van der Waals surface area contributed by atoms with Crippen molar-refractivity contribution in [3.05, 3.63) is 42.5 Å². The normalized spacial score (nSPS) is 11.8. The van der Waals surface area contributed by atoms with Gasteiger partial charge >= 0.3 is 0 Å². The Bertz CT molecular complexity index is 885. The summed E-state index contributed by atoms with van der Waals surface area (Å²) in [6.07, 6.45) is 0. The number of benzene rings is 2. The summed E-state index contributed by atoms with van der Waals surface area (Å²) in [7, 11) is -3.84. The summed E-state index contributed by atoms with van der Waals surface area (Å²) in [5.74, 6) is -0.321. The Morgan fingerprint density at radius 2 is 1.60 bits per heavy atom. The van der Waals surface area contributed by atoms with Gasteiger partial charge in [0.15, 0.2) is 0 Å². The first-order valence-electron chi connectivity index (χ1n) is 7.52. The lowest BCUT2D eigenvalue weighted by Gasteiger charge is -2.17. The maximum Gasteiger partial charge on any atom is 0.261 e. The van der Waals surface area contributed by atoms with Gasteiger partial charge in [0.05, 0.1) is 10.6 Å². The minimum Gasteiger partial charge on any atom is -0.506 e. The Kier molecular flexibility index (Phi) is 4.94. The van der Waals surface area contributed by atoms with Crippen molar-refractivity contribution < 1.29 is 18.3 Å². The van der Waals surface area contributed by atoms with Crippen LogP contribution in [0.5, 0.6) is 5.75 Å². The van der Waals surface area contributed by atoms with Gasteiger partial charge in [0.25, 0.3) is 10.0 Å². The lowest BCUT2D eigenvalue weighted by atomic mass is 9.95. The molecule has 8 heteroatoms. The van der Waals surface area contributed by atoms with Crippen LogP contribution in [0.4, 0.5) is 17.1 Å². The molecule has 5 N–H and O–H groups in total. The van der Waals surface area contributed by atoms with Gasteiger partial charge in [0, 0.05) is 16.8 Å². The summed E-state index contributed by atoms with van der Waals surface area (Å²) in [6.45, 7) is 5.40. The highest BCUT2D eigenvalue weighted by Crippen LogP contribution is 2.25. The zero-order valence-electron chi connectivity index (χ0n) is 14.2. The molecule has 2 aromatic rings. The number of sulfonamides is 1. The number of anilines is 3. The van der Waals surface area contributed by atoms with Crippen molar-refractivity contribution in [3.8, 4) is 5.75 Å². The lowest BCUT2D eigenvalue weighted by molar-refractivity contribution is -0.123. The van der Waals surface area contributed by atoms with Crippen molar-refractivity contribution in [2.75, 3.05) is 15.8 Å². The van der Waals surface area contributed by atoms with E-state index in [0.29, 0.717) is 11.4 Å². The molecule has 0 fully saturated rings. The third-order valence-electron chi connectivity index (χ3n) is 3.39. The van der Waals surface area contributed by atoms with Crippen LogP contribution in [-0.4, -0.2) is 19.4 Å². The van der Waals surface area contributed by atoms with E-state index in [1.807, 2.05) is 0 Å². The molecule has 0 saturated carbocycles. The van der Waals surface area contributed by atoms with E-state index < -0.39 is 15.4 Å². The molecule has 2 aromatic carbocycles. The summed E-state index contributed by atoms with van der Waals surface area (Å²) in [6, 6.07) is 9.94. The second-order valence-corrected chi connectivity index (χ2v) is 8.29. The number of amides is 1. The van der Waals surface area contributed by atoms with Crippen molar-refractivity contribution in [1.29, 1.82) is 0 Å². The van der Waals surface area contributed by atoms with Gasteiger partial charge in [-0.1, -0.05) is 20.8 Å². The van der Waals surface area contributed by atoms with E-state index in [0.717, 1.165) is 0 Å². The standard InChI is InChI=1S/C17H21N3O4S/c1-17(2,3)16(22)19-11-4-6-12(7-5-11)20-25(23,24)13-8-9-15(21)14(18)10-13/h4-10,20-21H,18H2,1-3H3,(H,19,22). The van der Waals surface area contributed by atoms with Crippen LogP contribution in [0, 0.1) is 5.41 Å². The number of aromatic hydroxyl groups is 1. The van der Waals surface area contributed by atoms with E-state index >= 15 is 0 Å². The van der Waals surface area contributed by atoms with Gasteiger partial charge in [-0.2, -0.15) is 0 Å². The maximum absolute atomic E-state index is 12.3. The van der Waals surface area contributed by atoms with Crippen molar-refractivity contribution in [2.24, 2.45) is 5.41 Å². The molecule has 0 aliphatic rings. The molecule has 7 nitrogen and oxygen atoms in total. The highest BCUT2D eigenvalue weighted by molar-refractivity contribution is 7.92. The van der Waals surface area contributed by atoms with Crippen molar-refractivity contribution in [2.45, 2.75) is 25.7 Å². The van der Waals surface area contributed by atoms with Gasteiger partial charge in [0.2, 0.25) is 5.91 Å². The Labute approximate surface area is 146 Å². The molecule has 0 saturated heterocycles. The van der Waals surface area contributed by atoms with Crippen LogP contribution in [0.1, 0.15) is 20.8 Å². The van der Waals surface area contributed by atoms with Crippen LogP contribution in [0.15, 0.2) is 47.4 Å². The van der Waals surface area contributed by atoms with E-state index in [1.54, 1.807) is 45.0 Å². The van der Waals surface area contributed by atoms with E-state index in [2.05, 4.69) is 10.0 Å². The fraction of sp³-hybridized carbons (Fsp3) is 0.235. The predicted octanol–water partition coefficient (Wildman–Crippen LogP) is 2.76. The fourth-order valence-corrected chi connectivity index (χ4v) is 2.95. The molecular formula is C17H21N3O4S. The third kappa shape index (κ3) is 4.63. The minimum atomic E-state index is -3.84. The molecule has 1 amide bonds. The highest BCUT2D eigenvalue weighted by atomic mass is 32.2. The fourth-order valence-electron chi connectivity index (χ4n) is 1.85. The molecule has 0 spiro atoms. The van der Waals surface area contributed by atoms with Crippen molar-refractivity contribution >= 4 is 33.0 Å². The lowest BCUT2D eigenvalue weighted by Crippen LogP contribution is -2.27. The molecule has 2 rings (SSSR count). The summed E-state index contributed by atoms with van der Waals surface area (Å²) in [4.78, 5) is 11.9. The van der Waals surface area contributed by atoms with Crippen LogP contribution in [-0.2, 0) is 14.8 Å². The number of carbonyl (C=O) groups excluding carboxylic acids is 1. The summed E-state index contributed by atoms with van der Waals surface area (Å²) in [5, 5.41) is 12.1. The van der Waals surface area contributed by atoms with Crippen LogP contribution >= 0.6 is 0 Å². The van der Waals surface area contributed by atoms with E-state index in [-0.39, 0.29) is 22.2 Å². The molecule has 0 aliphatic carbocycles. The molecule has 25 heavy (non-hydrogen) atoms. The summed E-state index contributed by atoms with van der Waals surface area (Å²) < 4.78 is 27.1. The van der Waals surface area contributed by atoms with Gasteiger partial charge in [-0.15, -0.1) is 0 Å². The van der Waals surface area contributed by atoms with E-state index in [1.165, 1.54) is 18.2 Å². The monoisotopic (exact) mass is 363 g/mol. The van der Waals surface area contributed by atoms with Gasteiger partial charge < -0.3 is 16.2 Å². The van der Waals surface area contributed by atoms with Crippen LogP contribution < -0.4 is 15.8 Å². The van der Waals surface area contributed by atoms with Crippen molar-refractivity contribution in [1.82, 2.24) is 0 Å². The van der Waals surface area contributed by atoms with Crippen LogP contribution in [0.25, 0.3) is 0 Å². The van der Waals surface area contributed by atoms with E-state index in [4.69, 9.17) is 5.73 Å². The van der Waals surface area contributed by atoms with Gasteiger partial charge in [-0.3, -0.25) is 9.52 Å². The third-order valence-corrected chi connectivity index (χ3v) is 4.76. The molecular weight excluding hydrogens is 342 g/mol. The SMILES string of the molecule is CC(C)(C)C(=O)Nc1ccc(NS(=O)(=O)c2ccc(O)c(N)c2)cc1.